The zero-order chi connectivity index (χ0) is 29.0. The molecule has 0 aliphatic carbocycles. The van der Waals surface area contributed by atoms with Gasteiger partial charge in [-0.25, -0.2) is 9.37 Å². The largest absolute Gasteiger partial charge is 0.496 e. The van der Waals surface area contributed by atoms with E-state index in [-0.39, 0.29) is 17.2 Å². The predicted octanol–water partition coefficient (Wildman–Crippen LogP) is 4.80. The van der Waals surface area contributed by atoms with Crippen LogP contribution in [0.1, 0.15) is 10.4 Å². The van der Waals surface area contributed by atoms with Gasteiger partial charge in [0.1, 0.15) is 17.2 Å². The highest BCUT2D eigenvalue weighted by Crippen LogP contribution is 2.37. The Morgan fingerprint density at radius 3 is 2.50 bits per heavy atom. The Morgan fingerprint density at radius 1 is 1.05 bits per heavy atom. The molecule has 0 bridgehead atoms. The number of fused-ring (bicyclic) bond motifs is 1. The number of H-pyrrole nitrogens is 1. The third-order valence-corrected chi connectivity index (χ3v) is 7.16. The lowest BCUT2D eigenvalue weighted by atomic mass is 9.99. The van der Waals surface area contributed by atoms with Crippen molar-refractivity contribution in [2.24, 2.45) is 0 Å². The summed E-state index contributed by atoms with van der Waals surface area (Å²) in [5.74, 6) is 0.00747. The molecular weight excluding hydrogens is 507 g/mol. The van der Waals surface area contributed by atoms with E-state index < -0.39 is 5.82 Å². The zero-order valence-corrected chi connectivity index (χ0v) is 24.5. The number of halogens is 1. The fourth-order valence-corrected chi connectivity index (χ4v) is 4.68. The summed E-state index contributed by atoms with van der Waals surface area (Å²) in [6.45, 7) is 3.23. The number of amides is 1. The molecule has 0 fully saturated rings. The van der Waals surface area contributed by atoms with E-state index in [1.807, 2.05) is 36.5 Å². The molecule has 4 rings (SSSR count). The number of quaternary nitrogens is 1. The summed E-state index contributed by atoms with van der Waals surface area (Å²) in [5.41, 5.74) is 4.37. The van der Waals surface area contributed by atoms with Gasteiger partial charge >= 0.3 is 0 Å². The minimum atomic E-state index is -0.472. The van der Waals surface area contributed by atoms with Crippen molar-refractivity contribution in [2.45, 2.75) is 0 Å². The fourth-order valence-electron chi connectivity index (χ4n) is 4.68. The normalized spacial score (nSPS) is 11.7. The van der Waals surface area contributed by atoms with Crippen LogP contribution in [0.3, 0.4) is 0 Å². The molecule has 0 saturated heterocycles. The topological polar surface area (TPSA) is 73.5 Å². The molecule has 0 atom stereocenters. The highest BCUT2D eigenvalue weighted by molar-refractivity contribution is 6.02. The van der Waals surface area contributed by atoms with Crippen molar-refractivity contribution in [2.75, 3.05) is 80.9 Å². The van der Waals surface area contributed by atoms with Crippen molar-refractivity contribution < 1.29 is 18.4 Å². The van der Waals surface area contributed by atoms with Crippen LogP contribution >= 0.6 is 0 Å². The average Bonchev–Trinajstić information content (AvgIpc) is 3.35. The van der Waals surface area contributed by atoms with Crippen molar-refractivity contribution in [3.63, 3.8) is 0 Å². The van der Waals surface area contributed by atoms with Gasteiger partial charge < -0.3 is 29.3 Å². The Morgan fingerprint density at radius 2 is 1.80 bits per heavy atom. The van der Waals surface area contributed by atoms with Gasteiger partial charge in [-0.15, -0.1) is 0 Å². The van der Waals surface area contributed by atoms with Crippen LogP contribution in [0.25, 0.3) is 33.3 Å². The number of nitrogens with one attached hydrogen (secondary N) is 2. The van der Waals surface area contributed by atoms with Gasteiger partial charge in [0.25, 0.3) is 5.91 Å². The number of anilines is 1. The molecule has 0 unspecified atom stereocenters. The molecule has 9 heteroatoms. The van der Waals surface area contributed by atoms with E-state index in [9.17, 15) is 4.79 Å². The highest BCUT2D eigenvalue weighted by atomic mass is 19.1. The molecule has 2 N–H and O–H groups in total. The number of likely N-dealkylation sites (N-methyl/N-ethyl adjacent to an activating group) is 2. The number of pyridine rings is 1. The Balaban J connectivity index is 1.69. The first-order valence-corrected chi connectivity index (χ1v) is 13.4. The lowest BCUT2D eigenvalue weighted by Crippen LogP contribution is -2.47. The molecule has 0 aliphatic rings. The quantitative estimate of drug-likeness (QED) is 0.264. The first-order valence-electron chi connectivity index (χ1n) is 13.4. The molecule has 4 aromatic rings. The average molecular weight is 548 g/mol. The molecular formula is C31H40FN6O2+. The van der Waals surface area contributed by atoms with Crippen LogP contribution in [0.5, 0.6) is 5.75 Å². The van der Waals surface area contributed by atoms with Crippen molar-refractivity contribution in [3.8, 4) is 28.0 Å². The Bertz CT molecular complexity index is 1490. The fraction of sp³-hybridized carbons (Fsp3) is 0.355. The van der Waals surface area contributed by atoms with Crippen molar-refractivity contribution >= 4 is 22.6 Å². The van der Waals surface area contributed by atoms with Crippen LogP contribution in [0, 0.1) is 5.82 Å². The monoisotopic (exact) mass is 547 g/mol. The number of benzene rings is 2. The van der Waals surface area contributed by atoms with E-state index in [0.717, 1.165) is 46.4 Å². The first kappa shape index (κ1) is 29.0. The third-order valence-electron chi connectivity index (χ3n) is 7.16. The number of aromatic nitrogens is 2. The molecule has 212 valence electrons. The summed E-state index contributed by atoms with van der Waals surface area (Å²) in [5, 5.41) is 4.10. The molecule has 1 amide bonds. The SMILES string of the molecule is COc1ccccc1-c1c[nH]c2ncc(-c3cc(F)c(NCC[N+](C)(C)CCN(C)C)c(C(=O)N(C)C)c3)cc12. The van der Waals surface area contributed by atoms with Crippen LogP contribution in [0.15, 0.2) is 54.9 Å². The van der Waals surface area contributed by atoms with Gasteiger partial charge in [-0.1, -0.05) is 18.2 Å². The number of carbonyl (C=O) groups is 1. The van der Waals surface area contributed by atoms with Crippen LogP contribution in [0.4, 0.5) is 10.1 Å². The molecule has 0 aliphatic heterocycles. The molecule has 2 aromatic carbocycles. The van der Waals surface area contributed by atoms with Gasteiger partial charge in [-0.3, -0.25) is 4.79 Å². The summed E-state index contributed by atoms with van der Waals surface area (Å²) < 4.78 is 22.0. The number of carbonyl (C=O) groups excluding carboxylic acids is 1. The molecule has 2 aromatic heterocycles. The molecule has 2 heterocycles. The maximum atomic E-state index is 15.7. The van der Waals surface area contributed by atoms with Crippen molar-refractivity contribution in [1.82, 2.24) is 19.8 Å². The predicted molar refractivity (Wildman–Crippen MR) is 160 cm³/mol. The molecule has 40 heavy (non-hydrogen) atoms. The number of hydrogen-bond acceptors (Lipinski definition) is 5. The summed E-state index contributed by atoms with van der Waals surface area (Å²) in [4.78, 5) is 24.6. The Hall–Kier alpha value is -3.95. The maximum Gasteiger partial charge on any atom is 0.255 e. The van der Waals surface area contributed by atoms with Crippen LogP contribution < -0.4 is 10.1 Å². The number of para-hydroxylation sites is 1. The minimum absolute atomic E-state index is 0.223. The van der Waals surface area contributed by atoms with Crippen molar-refractivity contribution in [3.05, 3.63) is 66.2 Å². The molecule has 0 saturated carbocycles. The van der Waals surface area contributed by atoms with Crippen LogP contribution in [-0.2, 0) is 0 Å². The first-order chi connectivity index (χ1) is 19.0. The minimum Gasteiger partial charge on any atom is -0.496 e. The number of ether oxygens (including phenoxy) is 1. The van der Waals surface area contributed by atoms with E-state index in [0.29, 0.717) is 23.3 Å². The molecule has 0 spiro atoms. The van der Waals surface area contributed by atoms with E-state index in [1.54, 1.807) is 33.5 Å². The van der Waals surface area contributed by atoms with Gasteiger partial charge in [-0.05, 0) is 43.9 Å². The van der Waals surface area contributed by atoms with E-state index >= 15 is 4.39 Å². The van der Waals surface area contributed by atoms with Crippen LogP contribution in [-0.4, -0.2) is 106 Å². The summed E-state index contributed by atoms with van der Waals surface area (Å²) in [6.07, 6.45) is 3.59. The zero-order valence-electron chi connectivity index (χ0n) is 24.5. The molecule has 0 radical (unpaired) electrons. The van der Waals surface area contributed by atoms with Gasteiger partial charge in [0, 0.05) is 55.1 Å². The van der Waals surface area contributed by atoms with E-state index in [1.165, 1.54) is 11.0 Å². The van der Waals surface area contributed by atoms with Crippen LogP contribution in [0.2, 0.25) is 0 Å². The second kappa shape index (κ2) is 12.1. The van der Waals surface area contributed by atoms with Gasteiger partial charge in [0.15, 0.2) is 0 Å². The van der Waals surface area contributed by atoms with E-state index in [2.05, 4.69) is 48.4 Å². The Labute approximate surface area is 236 Å². The smallest absolute Gasteiger partial charge is 0.255 e. The van der Waals surface area contributed by atoms with Gasteiger partial charge in [-0.2, -0.15) is 0 Å². The summed E-state index contributed by atoms with van der Waals surface area (Å²) in [7, 11) is 13.4. The highest BCUT2D eigenvalue weighted by Gasteiger charge is 2.22. The van der Waals surface area contributed by atoms with Gasteiger partial charge in [0.05, 0.1) is 52.1 Å². The summed E-state index contributed by atoms with van der Waals surface area (Å²) >= 11 is 0. The lowest BCUT2D eigenvalue weighted by molar-refractivity contribution is -0.888. The number of hydrogen-bond donors (Lipinski definition) is 2. The van der Waals surface area contributed by atoms with Crippen molar-refractivity contribution in [1.29, 1.82) is 0 Å². The summed E-state index contributed by atoms with van der Waals surface area (Å²) in [6, 6.07) is 13.0. The standard InChI is InChI=1S/C31H39FN6O2/c1-36(2)13-15-38(5,6)14-12-33-29-25(31(39)37(3)4)16-21(18-27(29)32)22-17-24-26(20-35-30(24)34-19-22)23-10-8-9-11-28(23)40-7/h8-11,16-20H,12-15H2,1-7H3,(H-,33,34,35,39)/p+1. The number of aromatic amines is 1. The Kier molecular flexibility index (Phi) is 8.76. The number of nitrogens with zero attached hydrogens (tertiary/aromatic N) is 4. The number of methoxy groups -OCH3 is 1. The second-order valence-corrected chi connectivity index (χ2v) is 11.2. The number of rotatable bonds is 11. The lowest BCUT2D eigenvalue weighted by Gasteiger charge is -2.31. The second-order valence-electron chi connectivity index (χ2n) is 11.2. The van der Waals surface area contributed by atoms with Gasteiger partial charge in [0.2, 0.25) is 0 Å². The third kappa shape index (κ3) is 6.43. The van der Waals surface area contributed by atoms with E-state index in [4.69, 9.17) is 4.74 Å². The maximum absolute atomic E-state index is 15.7. The molecule has 8 nitrogen and oxygen atoms in total.